The minimum absolute atomic E-state index is 0.726. The van der Waals surface area contributed by atoms with Gasteiger partial charge in [-0.3, -0.25) is 0 Å². The summed E-state index contributed by atoms with van der Waals surface area (Å²) in [6.45, 7) is 4.85. The summed E-state index contributed by atoms with van der Waals surface area (Å²) in [6, 6.07) is 2.17. The van der Waals surface area contributed by atoms with Gasteiger partial charge in [-0.05, 0) is 30.4 Å². The summed E-state index contributed by atoms with van der Waals surface area (Å²) in [5, 5.41) is 5.43. The van der Waals surface area contributed by atoms with E-state index >= 15 is 0 Å². The Balaban J connectivity index is 2.20. The Morgan fingerprint density at radius 1 is 1.50 bits per heavy atom. The Kier molecular flexibility index (Phi) is 4.29. The highest BCUT2D eigenvalue weighted by molar-refractivity contribution is 7.10. The molecular weight excluding hydrogens is 168 g/mol. The van der Waals surface area contributed by atoms with Crippen molar-refractivity contribution in [2.75, 3.05) is 19.6 Å². The fourth-order valence-corrected chi connectivity index (χ4v) is 2.00. The van der Waals surface area contributed by atoms with E-state index in [0.29, 0.717) is 0 Å². The van der Waals surface area contributed by atoms with Gasteiger partial charge in [0.2, 0.25) is 0 Å². The lowest BCUT2D eigenvalue weighted by Gasteiger charge is -2.01. The van der Waals surface area contributed by atoms with Crippen LogP contribution in [0, 0.1) is 6.92 Å². The molecule has 0 saturated carbocycles. The summed E-state index contributed by atoms with van der Waals surface area (Å²) in [7, 11) is 0. The van der Waals surface area contributed by atoms with Crippen LogP contribution in [0.3, 0.4) is 0 Å². The maximum atomic E-state index is 5.36. The van der Waals surface area contributed by atoms with E-state index < -0.39 is 0 Å². The monoisotopic (exact) mass is 184 g/mol. The first kappa shape index (κ1) is 9.71. The van der Waals surface area contributed by atoms with E-state index in [9.17, 15) is 0 Å². The van der Waals surface area contributed by atoms with Crippen LogP contribution in [0.15, 0.2) is 11.4 Å². The van der Waals surface area contributed by atoms with Crippen molar-refractivity contribution in [1.82, 2.24) is 5.32 Å². The van der Waals surface area contributed by atoms with Crippen LogP contribution in [-0.2, 0) is 6.42 Å². The second-order valence-corrected chi connectivity index (χ2v) is 3.82. The molecule has 3 N–H and O–H groups in total. The van der Waals surface area contributed by atoms with E-state index in [1.165, 1.54) is 10.4 Å². The van der Waals surface area contributed by atoms with Crippen LogP contribution in [0.4, 0.5) is 0 Å². The fraction of sp³-hybridized carbons (Fsp3) is 0.556. The minimum Gasteiger partial charge on any atom is -0.329 e. The predicted octanol–water partition coefficient (Wildman–Crippen LogP) is 1.15. The Bertz CT molecular complexity index is 220. The largest absolute Gasteiger partial charge is 0.329 e. The van der Waals surface area contributed by atoms with Crippen molar-refractivity contribution in [3.63, 3.8) is 0 Å². The molecular formula is C9H16N2S. The average molecular weight is 184 g/mol. The van der Waals surface area contributed by atoms with Crippen LogP contribution in [0.5, 0.6) is 0 Å². The lowest BCUT2D eigenvalue weighted by Crippen LogP contribution is -2.24. The Morgan fingerprint density at radius 2 is 2.33 bits per heavy atom. The molecule has 0 aliphatic heterocycles. The predicted molar refractivity (Wildman–Crippen MR) is 54.7 cm³/mol. The number of hydrogen-bond donors (Lipinski definition) is 2. The van der Waals surface area contributed by atoms with Crippen molar-refractivity contribution in [3.8, 4) is 0 Å². The normalized spacial score (nSPS) is 10.5. The number of hydrogen-bond acceptors (Lipinski definition) is 3. The first-order chi connectivity index (χ1) is 5.84. The summed E-state index contributed by atoms with van der Waals surface area (Å²) < 4.78 is 0. The van der Waals surface area contributed by atoms with E-state index in [1.807, 2.05) is 11.3 Å². The molecule has 0 aromatic carbocycles. The number of aryl methyl sites for hydroxylation is 1. The highest BCUT2D eigenvalue weighted by Gasteiger charge is 1.97. The molecule has 0 fully saturated rings. The molecule has 0 radical (unpaired) electrons. The molecule has 0 spiro atoms. The summed E-state index contributed by atoms with van der Waals surface area (Å²) in [6.07, 6.45) is 1.13. The molecule has 0 saturated heterocycles. The van der Waals surface area contributed by atoms with Gasteiger partial charge in [-0.2, -0.15) is 0 Å². The van der Waals surface area contributed by atoms with Crippen molar-refractivity contribution < 1.29 is 0 Å². The van der Waals surface area contributed by atoms with Gasteiger partial charge in [0.1, 0.15) is 0 Å². The van der Waals surface area contributed by atoms with E-state index in [1.54, 1.807) is 0 Å². The molecule has 0 aliphatic rings. The van der Waals surface area contributed by atoms with Gasteiger partial charge >= 0.3 is 0 Å². The van der Waals surface area contributed by atoms with Gasteiger partial charge in [-0.25, -0.2) is 0 Å². The Morgan fingerprint density at radius 3 is 2.92 bits per heavy atom. The average Bonchev–Trinajstić information content (AvgIpc) is 2.46. The smallest absolute Gasteiger partial charge is 0.00870 e. The Labute approximate surface area is 77.8 Å². The SMILES string of the molecule is Cc1ccsc1CCNCCN. The van der Waals surface area contributed by atoms with E-state index in [4.69, 9.17) is 5.73 Å². The molecule has 1 rings (SSSR count). The van der Waals surface area contributed by atoms with E-state index in [2.05, 4.69) is 23.7 Å². The third kappa shape index (κ3) is 2.93. The number of nitrogens with two attached hydrogens (primary N) is 1. The molecule has 1 aromatic rings. The molecule has 0 unspecified atom stereocenters. The molecule has 1 aromatic heterocycles. The van der Waals surface area contributed by atoms with Crippen molar-refractivity contribution in [1.29, 1.82) is 0 Å². The highest BCUT2D eigenvalue weighted by Crippen LogP contribution is 2.15. The van der Waals surface area contributed by atoms with Crippen molar-refractivity contribution in [3.05, 3.63) is 21.9 Å². The van der Waals surface area contributed by atoms with Crippen LogP contribution >= 0.6 is 11.3 Å². The Hall–Kier alpha value is -0.380. The highest BCUT2D eigenvalue weighted by atomic mass is 32.1. The van der Waals surface area contributed by atoms with Crippen LogP contribution in [0.25, 0.3) is 0 Å². The topological polar surface area (TPSA) is 38.0 Å². The summed E-state index contributed by atoms with van der Waals surface area (Å²) in [4.78, 5) is 1.49. The van der Waals surface area contributed by atoms with Gasteiger partial charge in [-0.1, -0.05) is 0 Å². The summed E-state index contributed by atoms with van der Waals surface area (Å²) >= 11 is 1.84. The molecule has 12 heavy (non-hydrogen) atoms. The van der Waals surface area contributed by atoms with Gasteiger partial charge < -0.3 is 11.1 Å². The third-order valence-electron chi connectivity index (χ3n) is 1.82. The lowest BCUT2D eigenvalue weighted by molar-refractivity contribution is 0.691. The molecule has 0 atom stereocenters. The fourth-order valence-electron chi connectivity index (χ4n) is 1.09. The third-order valence-corrected chi connectivity index (χ3v) is 2.90. The van der Waals surface area contributed by atoms with E-state index in [0.717, 1.165) is 26.1 Å². The van der Waals surface area contributed by atoms with Crippen LogP contribution < -0.4 is 11.1 Å². The van der Waals surface area contributed by atoms with Crippen molar-refractivity contribution in [2.45, 2.75) is 13.3 Å². The molecule has 0 amide bonds. The van der Waals surface area contributed by atoms with Gasteiger partial charge in [-0.15, -0.1) is 11.3 Å². The van der Waals surface area contributed by atoms with Gasteiger partial charge in [0.15, 0.2) is 0 Å². The molecule has 68 valence electrons. The first-order valence-corrected chi connectivity index (χ1v) is 5.16. The van der Waals surface area contributed by atoms with Crippen LogP contribution in [-0.4, -0.2) is 19.6 Å². The van der Waals surface area contributed by atoms with Crippen molar-refractivity contribution >= 4 is 11.3 Å². The first-order valence-electron chi connectivity index (χ1n) is 4.28. The number of rotatable bonds is 5. The zero-order valence-electron chi connectivity index (χ0n) is 7.47. The maximum Gasteiger partial charge on any atom is 0.00870 e. The summed E-state index contributed by atoms with van der Waals surface area (Å²) in [5.74, 6) is 0. The molecule has 0 bridgehead atoms. The second kappa shape index (κ2) is 5.30. The molecule has 2 nitrogen and oxygen atoms in total. The molecule has 3 heteroatoms. The maximum absolute atomic E-state index is 5.36. The quantitative estimate of drug-likeness (QED) is 0.674. The van der Waals surface area contributed by atoms with E-state index in [-0.39, 0.29) is 0 Å². The number of thiophene rings is 1. The van der Waals surface area contributed by atoms with Crippen LogP contribution in [0.1, 0.15) is 10.4 Å². The van der Waals surface area contributed by atoms with Crippen molar-refractivity contribution in [2.24, 2.45) is 5.73 Å². The standard InChI is InChI=1S/C9H16N2S/c1-8-3-7-12-9(8)2-5-11-6-4-10/h3,7,11H,2,4-6,10H2,1H3. The second-order valence-electron chi connectivity index (χ2n) is 2.82. The minimum atomic E-state index is 0.726. The van der Waals surface area contributed by atoms with Gasteiger partial charge in [0.25, 0.3) is 0 Å². The molecule has 0 aliphatic carbocycles. The van der Waals surface area contributed by atoms with Gasteiger partial charge in [0.05, 0.1) is 0 Å². The lowest BCUT2D eigenvalue weighted by atomic mass is 10.2. The number of nitrogens with one attached hydrogen (secondary N) is 1. The van der Waals surface area contributed by atoms with Crippen LogP contribution in [0.2, 0.25) is 0 Å². The molecule has 1 heterocycles. The summed E-state index contributed by atoms with van der Waals surface area (Å²) in [5.41, 5.74) is 6.77. The zero-order chi connectivity index (χ0) is 8.81. The zero-order valence-corrected chi connectivity index (χ0v) is 8.29. The van der Waals surface area contributed by atoms with Gasteiger partial charge in [0, 0.05) is 24.5 Å².